The van der Waals surface area contributed by atoms with E-state index in [9.17, 15) is 30.5 Å². The summed E-state index contributed by atoms with van der Waals surface area (Å²) >= 11 is 0. The largest absolute Gasteiger partial charge is 0.479 e. The van der Waals surface area contributed by atoms with Gasteiger partial charge in [-0.15, -0.1) is 0 Å². The fourth-order valence-corrected chi connectivity index (χ4v) is 4.70. The Morgan fingerprint density at radius 1 is 1.39 bits per heavy atom. The molecule has 28 heavy (non-hydrogen) atoms. The smallest absolute Gasteiger partial charge is 0.347 e. The Kier molecular flexibility index (Phi) is 3.53. The van der Waals surface area contributed by atoms with E-state index in [1.165, 1.54) is 11.9 Å². The Morgan fingerprint density at radius 3 is 2.57 bits per heavy atom. The summed E-state index contributed by atoms with van der Waals surface area (Å²) in [4.78, 5) is 25.5. The average Bonchev–Trinajstić information content (AvgIpc) is 3.00. The molecule has 0 bridgehead atoms. The molecular weight excluding hydrogens is 372 g/mol. The van der Waals surface area contributed by atoms with E-state index in [-0.39, 0.29) is 11.7 Å². The summed E-state index contributed by atoms with van der Waals surface area (Å²) < 4.78 is 5.68. The van der Waals surface area contributed by atoms with E-state index in [2.05, 4.69) is 20.3 Å². The van der Waals surface area contributed by atoms with Crippen LogP contribution in [0.25, 0.3) is 0 Å². The van der Waals surface area contributed by atoms with Crippen LogP contribution in [0.2, 0.25) is 0 Å². The maximum Gasteiger partial charge on any atom is 0.347 e. The third-order valence-electron chi connectivity index (χ3n) is 6.40. The highest BCUT2D eigenvalue weighted by Gasteiger charge is 2.93. The number of fused-ring (bicyclic) bond motifs is 2. The Morgan fingerprint density at radius 2 is 2.07 bits per heavy atom. The molecule has 6 atom stereocenters. The van der Waals surface area contributed by atoms with E-state index >= 15 is 0 Å². The van der Waals surface area contributed by atoms with Crippen molar-refractivity contribution in [2.24, 2.45) is 20.4 Å². The van der Waals surface area contributed by atoms with E-state index in [0.29, 0.717) is 0 Å². The molecule has 12 nitrogen and oxygen atoms in total. The number of hydrogen-bond acceptors (Lipinski definition) is 11. The second-order valence-corrected chi connectivity index (χ2v) is 7.67. The third kappa shape index (κ3) is 1.65. The molecule has 0 amide bonds. The number of likely N-dealkylation sites (N-methyl/N-ethyl adjacent to an activating group) is 1. The van der Waals surface area contributed by atoms with E-state index in [1.54, 1.807) is 13.8 Å². The van der Waals surface area contributed by atoms with Gasteiger partial charge in [0.2, 0.25) is 6.17 Å². The van der Waals surface area contributed by atoms with Gasteiger partial charge in [-0.3, -0.25) is 4.90 Å². The van der Waals surface area contributed by atoms with Crippen LogP contribution in [-0.4, -0.2) is 98.2 Å². The van der Waals surface area contributed by atoms with Gasteiger partial charge < -0.3 is 30.5 Å². The van der Waals surface area contributed by atoms with Gasteiger partial charge in [-0.1, -0.05) is 13.8 Å². The van der Waals surface area contributed by atoms with Crippen LogP contribution in [-0.2, 0) is 9.53 Å². The Labute approximate surface area is 159 Å². The third-order valence-corrected chi connectivity index (χ3v) is 6.40. The molecule has 1 saturated carbocycles. The molecule has 0 spiro atoms. The fraction of sp³-hybridized carbons (Fsp3) is 0.688. The number of aliphatic carboxylic acids is 1. The van der Waals surface area contributed by atoms with Gasteiger partial charge in [-0.25, -0.2) is 19.8 Å². The molecule has 3 aliphatic heterocycles. The number of aliphatic hydroxyl groups excluding tert-OH is 1. The molecule has 5 N–H and O–H groups in total. The molecule has 4 aliphatic rings. The summed E-state index contributed by atoms with van der Waals surface area (Å²) in [6.07, 6.45) is -2.45. The monoisotopic (exact) mass is 392 g/mol. The lowest BCUT2D eigenvalue weighted by Crippen LogP contribution is -2.62. The van der Waals surface area contributed by atoms with Gasteiger partial charge in [0.15, 0.2) is 12.1 Å². The predicted molar refractivity (Wildman–Crippen MR) is 93.5 cm³/mol. The van der Waals surface area contributed by atoms with Crippen LogP contribution in [0.1, 0.15) is 13.8 Å². The van der Waals surface area contributed by atoms with Crippen molar-refractivity contribution < 1.29 is 30.0 Å². The van der Waals surface area contributed by atoms with Gasteiger partial charge >= 0.3 is 5.97 Å². The minimum atomic E-state index is -2.03. The SMILES string of the molecule is CNC1=NC(C#N)N=C2N([C@@H]3O[C@H](CO)[C@@]4(O)C(C)(C)[C@@]34O)C=NC12C(=O)O. The first-order valence-corrected chi connectivity index (χ1v) is 8.60. The zero-order valence-corrected chi connectivity index (χ0v) is 15.4. The Hall–Kier alpha value is -2.59. The predicted octanol–water partition coefficient (Wildman–Crippen LogP) is -2.75. The molecule has 3 heterocycles. The summed E-state index contributed by atoms with van der Waals surface area (Å²) in [6, 6.07) is 1.84. The first-order chi connectivity index (χ1) is 13.1. The van der Waals surface area contributed by atoms with Crippen molar-refractivity contribution in [3.8, 4) is 6.07 Å². The normalized spacial score (nSPS) is 44.9. The van der Waals surface area contributed by atoms with Gasteiger partial charge in [0.25, 0.3) is 5.54 Å². The lowest BCUT2D eigenvalue weighted by Gasteiger charge is -2.36. The number of nitrogens with one attached hydrogen (secondary N) is 1. The molecule has 1 saturated heterocycles. The van der Waals surface area contributed by atoms with Crippen LogP contribution in [0, 0.1) is 16.7 Å². The first kappa shape index (κ1) is 18.8. The molecule has 4 rings (SSSR count). The molecule has 0 aromatic carbocycles. The van der Waals surface area contributed by atoms with Crippen molar-refractivity contribution in [1.82, 2.24) is 10.2 Å². The number of nitrogens with zero attached hydrogens (tertiary/aromatic N) is 5. The van der Waals surface area contributed by atoms with Gasteiger partial charge in [0, 0.05) is 12.5 Å². The minimum Gasteiger partial charge on any atom is -0.479 e. The van der Waals surface area contributed by atoms with E-state index in [4.69, 9.17) is 4.74 Å². The molecule has 150 valence electrons. The highest BCUT2D eigenvalue weighted by Crippen LogP contribution is 2.73. The summed E-state index contributed by atoms with van der Waals surface area (Å²) in [5.41, 5.74) is -6.66. The number of carboxylic acid groups (broad SMARTS) is 1. The fourth-order valence-electron chi connectivity index (χ4n) is 4.70. The van der Waals surface area contributed by atoms with Gasteiger partial charge in [0.1, 0.15) is 29.2 Å². The number of amidine groups is 2. The number of nitriles is 1. The number of carboxylic acids is 1. The van der Waals surface area contributed by atoms with Gasteiger partial charge in [-0.05, 0) is 0 Å². The Balaban J connectivity index is 1.82. The maximum atomic E-state index is 12.1. The number of hydrogen-bond donors (Lipinski definition) is 5. The molecule has 12 heteroatoms. The summed E-state index contributed by atoms with van der Waals surface area (Å²) in [7, 11) is 1.45. The van der Waals surface area contributed by atoms with E-state index < -0.39 is 53.2 Å². The van der Waals surface area contributed by atoms with Crippen LogP contribution in [0.5, 0.6) is 0 Å². The number of rotatable bonds is 3. The maximum absolute atomic E-state index is 12.1. The van der Waals surface area contributed by atoms with Crippen molar-refractivity contribution in [1.29, 1.82) is 5.26 Å². The van der Waals surface area contributed by atoms with Gasteiger partial charge in [0.05, 0.1) is 12.9 Å². The van der Waals surface area contributed by atoms with E-state index in [1.807, 2.05) is 6.07 Å². The topological polar surface area (TPSA) is 183 Å². The number of aliphatic hydroxyl groups is 3. The second kappa shape index (κ2) is 5.26. The average molecular weight is 392 g/mol. The molecule has 1 aliphatic carbocycles. The quantitative estimate of drug-likeness (QED) is 0.340. The molecule has 0 aromatic rings. The zero-order chi connectivity index (χ0) is 20.7. The number of ether oxygens (including phenoxy) is 1. The van der Waals surface area contributed by atoms with Crippen molar-refractivity contribution in [3.63, 3.8) is 0 Å². The highest BCUT2D eigenvalue weighted by atomic mass is 16.6. The van der Waals surface area contributed by atoms with Crippen molar-refractivity contribution in [2.75, 3.05) is 13.7 Å². The van der Waals surface area contributed by atoms with Crippen molar-refractivity contribution in [2.45, 2.75) is 49.1 Å². The van der Waals surface area contributed by atoms with Crippen LogP contribution in [0.4, 0.5) is 0 Å². The number of aliphatic imine (C=N–C) groups is 3. The molecule has 0 aromatic heterocycles. The molecular formula is C16H20N6O6. The standard InChI is InChI=1S/C16H20N6O6/c1-13(2)15(26)7(5-23)28-11(16(13,15)27)22-6-19-14(12(24)25)9(18-3)20-8(4-17)21-10(14)22/h6-8,11,23,26-27H,5H2,1-3H3,(H,18,20)(H,24,25)/t7-,8?,11-,14?,15-,16+/m1/s1. The highest BCUT2D eigenvalue weighted by molar-refractivity contribution is 6.33. The van der Waals surface area contributed by atoms with E-state index in [0.717, 1.165) is 6.34 Å². The summed E-state index contributed by atoms with van der Waals surface area (Å²) in [5, 5.41) is 53.6. The van der Waals surface area contributed by atoms with Crippen LogP contribution < -0.4 is 5.32 Å². The molecule has 0 radical (unpaired) electrons. The number of carbonyl (C=O) groups is 1. The second-order valence-electron chi connectivity index (χ2n) is 7.67. The zero-order valence-electron chi connectivity index (χ0n) is 15.4. The summed E-state index contributed by atoms with van der Waals surface area (Å²) in [6.45, 7) is 2.68. The van der Waals surface area contributed by atoms with Crippen LogP contribution in [0.15, 0.2) is 15.0 Å². The Bertz CT molecular complexity index is 895. The van der Waals surface area contributed by atoms with Crippen molar-refractivity contribution in [3.05, 3.63) is 0 Å². The minimum absolute atomic E-state index is 0.0932. The molecule has 2 unspecified atom stereocenters. The summed E-state index contributed by atoms with van der Waals surface area (Å²) in [5.74, 6) is -1.65. The molecule has 2 fully saturated rings. The lowest BCUT2D eigenvalue weighted by atomic mass is 9.95. The lowest BCUT2D eigenvalue weighted by molar-refractivity contribution is -0.139. The van der Waals surface area contributed by atoms with Gasteiger partial charge in [-0.2, -0.15) is 5.26 Å². The first-order valence-electron chi connectivity index (χ1n) is 8.60. The van der Waals surface area contributed by atoms with Crippen LogP contribution in [0.3, 0.4) is 0 Å². The van der Waals surface area contributed by atoms with Crippen LogP contribution >= 0.6 is 0 Å². The van der Waals surface area contributed by atoms with Crippen molar-refractivity contribution >= 4 is 24.0 Å².